The van der Waals surface area contributed by atoms with Gasteiger partial charge in [-0.1, -0.05) is 0 Å². The number of amides is 1. The van der Waals surface area contributed by atoms with E-state index >= 15 is 0 Å². The third-order valence-corrected chi connectivity index (χ3v) is 1.92. The summed E-state index contributed by atoms with van der Waals surface area (Å²) in [6, 6.07) is 0. The zero-order valence-electron chi connectivity index (χ0n) is 7.16. The molecule has 0 aliphatic carbocycles. The van der Waals surface area contributed by atoms with Crippen molar-refractivity contribution in [3.05, 3.63) is 0 Å². The number of halogens is 2. The fraction of sp³-hybridized carbons (Fsp3) is 0.833. The molecule has 0 spiro atoms. The Bertz CT molecular complexity index is 159. The second kappa shape index (κ2) is 4.87. The summed E-state index contributed by atoms with van der Waals surface area (Å²) in [6.07, 6.45) is 0. The van der Waals surface area contributed by atoms with Gasteiger partial charge in [0.1, 0.15) is 0 Å². The average molecular weight is 216 g/mol. The van der Waals surface area contributed by atoms with E-state index in [2.05, 4.69) is 10.3 Å². The van der Waals surface area contributed by atoms with E-state index in [1.54, 1.807) is 0 Å². The van der Waals surface area contributed by atoms with E-state index in [9.17, 15) is 4.79 Å². The number of hydrogen-bond acceptors (Lipinski definition) is 3. The fourth-order valence-corrected chi connectivity index (χ4v) is 1.46. The monoisotopic (exact) mass is 215 g/mol. The molecule has 1 aliphatic rings. The molecule has 1 amide bonds. The Kier molecular flexibility index (Phi) is 5.88. The molecule has 0 aromatic carbocycles. The Labute approximate surface area is 84.6 Å². The molecular weight excluding hydrogens is 201 g/mol. The number of nitrogens with one attached hydrogen (secondary N) is 1. The highest BCUT2D eigenvalue weighted by Crippen LogP contribution is 2.27. The Balaban J connectivity index is 0. The molecule has 0 aromatic heterocycles. The highest BCUT2D eigenvalue weighted by Gasteiger charge is 2.42. The molecule has 6 heteroatoms. The summed E-state index contributed by atoms with van der Waals surface area (Å²) in [6.45, 7) is 3.52. The number of rotatable bonds is 1. The van der Waals surface area contributed by atoms with E-state index in [1.807, 2.05) is 14.0 Å². The number of hydrazine groups is 1. The minimum atomic E-state index is -0.247. The van der Waals surface area contributed by atoms with Crippen molar-refractivity contribution in [2.45, 2.75) is 6.92 Å². The van der Waals surface area contributed by atoms with Gasteiger partial charge in [-0.25, -0.2) is 5.84 Å². The number of nitrogens with zero attached hydrogens (tertiary/aromatic N) is 1. The van der Waals surface area contributed by atoms with Crippen LogP contribution < -0.4 is 11.3 Å². The lowest BCUT2D eigenvalue weighted by atomic mass is 9.82. The Morgan fingerprint density at radius 2 is 1.92 bits per heavy atom. The number of nitrogens with two attached hydrogens (primary N) is 1. The maximum atomic E-state index is 11.0. The molecule has 1 rings (SSSR count). The highest BCUT2D eigenvalue weighted by atomic mass is 35.5. The third kappa shape index (κ3) is 2.48. The van der Waals surface area contributed by atoms with E-state index < -0.39 is 0 Å². The second-order valence-electron chi connectivity index (χ2n) is 3.21. The summed E-state index contributed by atoms with van der Waals surface area (Å²) < 4.78 is 0. The van der Waals surface area contributed by atoms with Gasteiger partial charge in [-0.3, -0.25) is 10.2 Å². The zero-order chi connectivity index (χ0) is 7.78. The molecule has 1 saturated heterocycles. The molecule has 0 atom stereocenters. The standard InChI is InChI=1S/C6H13N3O.2ClH/c1-6(5(10)8-7)3-9(2)4-6;;/h3-4,7H2,1-2H3,(H,8,10);2*1H. The summed E-state index contributed by atoms with van der Waals surface area (Å²) in [5.41, 5.74) is 1.92. The Hall–Kier alpha value is -0.0300. The summed E-state index contributed by atoms with van der Waals surface area (Å²) in [7, 11) is 1.98. The molecule has 1 fully saturated rings. The predicted molar refractivity (Wildman–Crippen MR) is 52.4 cm³/mol. The van der Waals surface area contributed by atoms with Crippen molar-refractivity contribution < 1.29 is 4.79 Å². The topological polar surface area (TPSA) is 58.4 Å². The predicted octanol–water partition coefficient (Wildman–Crippen LogP) is -0.228. The van der Waals surface area contributed by atoms with Gasteiger partial charge < -0.3 is 4.90 Å². The van der Waals surface area contributed by atoms with Gasteiger partial charge in [-0.05, 0) is 14.0 Å². The summed E-state index contributed by atoms with van der Waals surface area (Å²) >= 11 is 0. The molecule has 3 N–H and O–H groups in total. The zero-order valence-corrected chi connectivity index (χ0v) is 8.80. The van der Waals surface area contributed by atoms with Crippen LogP contribution in [0.1, 0.15) is 6.92 Å². The largest absolute Gasteiger partial charge is 0.304 e. The molecule has 74 valence electrons. The van der Waals surface area contributed by atoms with Gasteiger partial charge in [0.2, 0.25) is 5.91 Å². The second-order valence-corrected chi connectivity index (χ2v) is 3.21. The Morgan fingerprint density at radius 3 is 2.17 bits per heavy atom. The van der Waals surface area contributed by atoms with Crippen LogP contribution in [0.3, 0.4) is 0 Å². The van der Waals surface area contributed by atoms with Gasteiger partial charge in [-0.15, -0.1) is 24.8 Å². The number of carbonyl (C=O) groups is 1. The molecular formula is C6H15Cl2N3O. The highest BCUT2D eigenvalue weighted by molar-refractivity contribution is 5.85. The van der Waals surface area contributed by atoms with Gasteiger partial charge in [0.05, 0.1) is 5.41 Å². The van der Waals surface area contributed by atoms with E-state index in [0.717, 1.165) is 13.1 Å². The minimum absolute atomic E-state index is 0. The lowest BCUT2D eigenvalue weighted by Crippen LogP contribution is -2.61. The smallest absolute Gasteiger partial charge is 0.242 e. The third-order valence-electron chi connectivity index (χ3n) is 1.92. The average Bonchev–Trinajstić information content (AvgIpc) is 1.83. The van der Waals surface area contributed by atoms with Gasteiger partial charge >= 0.3 is 0 Å². The van der Waals surface area contributed by atoms with E-state index in [1.165, 1.54) is 0 Å². The van der Waals surface area contributed by atoms with E-state index in [4.69, 9.17) is 5.84 Å². The first-order valence-electron chi connectivity index (χ1n) is 3.28. The van der Waals surface area contributed by atoms with Crippen molar-refractivity contribution in [2.75, 3.05) is 20.1 Å². The van der Waals surface area contributed by atoms with Crippen LogP contribution in [0.25, 0.3) is 0 Å². The number of hydrogen-bond donors (Lipinski definition) is 2. The first-order valence-corrected chi connectivity index (χ1v) is 3.28. The van der Waals surface area contributed by atoms with Crippen molar-refractivity contribution in [3.63, 3.8) is 0 Å². The summed E-state index contributed by atoms with van der Waals surface area (Å²) in [5, 5.41) is 0. The van der Waals surface area contributed by atoms with Gasteiger partial charge in [0.15, 0.2) is 0 Å². The maximum absolute atomic E-state index is 11.0. The lowest BCUT2D eigenvalue weighted by Gasteiger charge is -2.44. The minimum Gasteiger partial charge on any atom is -0.304 e. The SMILES string of the molecule is CN1CC(C)(C(=O)NN)C1.Cl.Cl. The van der Waals surface area contributed by atoms with Crippen LogP contribution in [0.4, 0.5) is 0 Å². The van der Waals surface area contributed by atoms with Gasteiger partial charge in [0.25, 0.3) is 0 Å². The van der Waals surface area contributed by atoms with Crippen molar-refractivity contribution in [2.24, 2.45) is 11.3 Å². The van der Waals surface area contributed by atoms with Crippen LogP contribution in [0.5, 0.6) is 0 Å². The van der Waals surface area contributed by atoms with Gasteiger partial charge in [-0.2, -0.15) is 0 Å². The van der Waals surface area contributed by atoms with Crippen LogP contribution in [-0.2, 0) is 4.79 Å². The van der Waals surface area contributed by atoms with Crippen LogP contribution in [-0.4, -0.2) is 30.9 Å². The van der Waals surface area contributed by atoms with Gasteiger partial charge in [0, 0.05) is 13.1 Å². The first kappa shape index (κ1) is 14.5. The molecule has 1 aliphatic heterocycles. The Morgan fingerprint density at radius 1 is 1.50 bits per heavy atom. The normalized spacial score (nSPS) is 19.6. The lowest BCUT2D eigenvalue weighted by molar-refractivity contribution is -0.138. The molecule has 0 unspecified atom stereocenters. The quantitative estimate of drug-likeness (QED) is 0.361. The molecule has 0 radical (unpaired) electrons. The number of likely N-dealkylation sites (tertiary alicyclic amines) is 1. The summed E-state index contributed by atoms with van der Waals surface area (Å²) in [4.78, 5) is 13.1. The van der Waals surface area contributed by atoms with Crippen LogP contribution in [0, 0.1) is 5.41 Å². The molecule has 4 nitrogen and oxygen atoms in total. The van der Waals surface area contributed by atoms with Crippen molar-refractivity contribution in [1.82, 2.24) is 10.3 Å². The van der Waals surface area contributed by atoms with E-state index in [0.29, 0.717) is 0 Å². The van der Waals surface area contributed by atoms with E-state index in [-0.39, 0.29) is 36.1 Å². The first-order chi connectivity index (χ1) is 4.58. The molecule has 12 heavy (non-hydrogen) atoms. The van der Waals surface area contributed by atoms with Crippen LogP contribution in [0.15, 0.2) is 0 Å². The van der Waals surface area contributed by atoms with Crippen molar-refractivity contribution >= 4 is 30.7 Å². The maximum Gasteiger partial charge on any atom is 0.242 e. The molecule has 1 heterocycles. The van der Waals surface area contributed by atoms with Crippen molar-refractivity contribution in [1.29, 1.82) is 0 Å². The van der Waals surface area contributed by atoms with Crippen LogP contribution >= 0.6 is 24.8 Å². The summed E-state index contributed by atoms with van der Waals surface area (Å²) in [5.74, 6) is 4.93. The molecule has 0 saturated carbocycles. The molecule has 0 aromatic rings. The molecule has 0 bridgehead atoms. The number of carbonyl (C=O) groups excluding carboxylic acids is 1. The fourth-order valence-electron chi connectivity index (χ4n) is 1.46. The van der Waals surface area contributed by atoms with Crippen molar-refractivity contribution in [3.8, 4) is 0 Å². The van der Waals surface area contributed by atoms with Crippen LogP contribution in [0.2, 0.25) is 0 Å².